The van der Waals surface area contributed by atoms with Crippen LogP contribution in [0.1, 0.15) is 27.8 Å². The lowest BCUT2D eigenvalue weighted by Gasteiger charge is -2.25. The maximum Gasteiger partial charge on any atom is 0.275 e. The third-order valence-electron chi connectivity index (χ3n) is 4.72. The molecule has 0 saturated carbocycles. The number of carbonyl (C=O) groups is 1. The van der Waals surface area contributed by atoms with E-state index in [0.29, 0.717) is 22.0 Å². The minimum Gasteiger partial charge on any atom is -0.349 e. The Balaban J connectivity index is 1.87. The zero-order valence-corrected chi connectivity index (χ0v) is 17.7. The van der Waals surface area contributed by atoms with Gasteiger partial charge in [0.15, 0.2) is 5.69 Å². The van der Waals surface area contributed by atoms with E-state index in [2.05, 4.69) is 10.4 Å². The van der Waals surface area contributed by atoms with E-state index in [1.807, 2.05) is 19.0 Å². The third-order valence-corrected chi connectivity index (χ3v) is 5.04. The van der Waals surface area contributed by atoms with Crippen LogP contribution in [0.15, 0.2) is 59.4 Å². The number of nitrogens with zero attached hydrogens (tertiary/aromatic N) is 3. The summed E-state index contributed by atoms with van der Waals surface area (Å²) in [5.41, 5.74) is 1.11. The number of para-hydroxylation sites is 1. The second-order valence-corrected chi connectivity index (χ2v) is 7.51. The predicted octanol–water partition coefficient (Wildman–Crippen LogP) is 3.37. The maximum absolute atomic E-state index is 13.6. The molecule has 0 aliphatic rings. The monoisotopic (exact) mass is 428 g/mol. The Bertz CT molecular complexity index is 1130. The summed E-state index contributed by atoms with van der Waals surface area (Å²) in [4.78, 5) is 27.0. The Labute approximate surface area is 178 Å². The van der Waals surface area contributed by atoms with E-state index in [-0.39, 0.29) is 24.1 Å². The highest BCUT2D eigenvalue weighted by atomic mass is 35.5. The Morgan fingerprint density at radius 2 is 1.93 bits per heavy atom. The van der Waals surface area contributed by atoms with E-state index in [0.717, 1.165) is 0 Å². The van der Waals surface area contributed by atoms with Gasteiger partial charge in [0, 0.05) is 18.3 Å². The predicted molar refractivity (Wildman–Crippen MR) is 115 cm³/mol. The number of amides is 1. The lowest BCUT2D eigenvalue weighted by atomic mass is 10.1. The van der Waals surface area contributed by atoms with Crippen molar-refractivity contribution in [3.05, 3.63) is 92.6 Å². The van der Waals surface area contributed by atoms with Crippen LogP contribution in [0.3, 0.4) is 0 Å². The average Bonchev–Trinajstić information content (AvgIpc) is 2.69. The van der Waals surface area contributed by atoms with E-state index < -0.39 is 11.3 Å². The summed E-state index contributed by atoms with van der Waals surface area (Å²) < 4.78 is 15.1. The minimum atomic E-state index is -0.607. The molecular formula is C22H22ClFN4O2. The third kappa shape index (κ3) is 4.75. The molecule has 1 atom stereocenters. The molecule has 0 spiro atoms. The van der Waals surface area contributed by atoms with Gasteiger partial charge in [0.25, 0.3) is 5.91 Å². The molecule has 0 radical (unpaired) electrons. The Hall–Kier alpha value is -3.03. The molecule has 8 heteroatoms. The molecule has 0 aliphatic carbocycles. The van der Waals surface area contributed by atoms with Crippen molar-refractivity contribution in [1.82, 2.24) is 20.0 Å². The van der Waals surface area contributed by atoms with Gasteiger partial charge in [0.05, 0.1) is 16.8 Å². The summed E-state index contributed by atoms with van der Waals surface area (Å²) in [6, 6.07) is 14.3. The van der Waals surface area contributed by atoms with Gasteiger partial charge in [-0.3, -0.25) is 9.59 Å². The van der Waals surface area contributed by atoms with E-state index in [1.165, 1.54) is 22.9 Å². The first-order valence-corrected chi connectivity index (χ1v) is 9.71. The van der Waals surface area contributed by atoms with Crippen LogP contribution in [0.2, 0.25) is 5.02 Å². The molecule has 1 N–H and O–H groups in total. The number of rotatable bonds is 6. The van der Waals surface area contributed by atoms with Crippen molar-refractivity contribution >= 4 is 17.5 Å². The van der Waals surface area contributed by atoms with Gasteiger partial charge in [-0.15, -0.1) is 0 Å². The highest BCUT2D eigenvalue weighted by Crippen LogP contribution is 2.20. The van der Waals surface area contributed by atoms with Crippen molar-refractivity contribution in [2.45, 2.75) is 13.0 Å². The van der Waals surface area contributed by atoms with Gasteiger partial charge in [0.2, 0.25) is 5.43 Å². The lowest BCUT2D eigenvalue weighted by Crippen LogP contribution is -2.37. The van der Waals surface area contributed by atoms with E-state index in [4.69, 9.17) is 11.6 Å². The number of hydrogen-bond donors (Lipinski definition) is 1. The minimum absolute atomic E-state index is 0.177. The topological polar surface area (TPSA) is 67.2 Å². The first kappa shape index (κ1) is 21.7. The number of likely N-dealkylation sites (N-methyl/N-ethyl adjacent to an activating group) is 1. The first-order valence-electron chi connectivity index (χ1n) is 9.34. The molecule has 1 amide bonds. The van der Waals surface area contributed by atoms with Crippen LogP contribution in [-0.2, 0) is 0 Å². The SMILES string of the molecule is Cc1cc(=O)c(C(=O)NC[C@@H](c2cccc(F)c2)N(C)C)nn1-c1ccccc1Cl. The molecule has 0 fully saturated rings. The van der Waals surface area contributed by atoms with E-state index in [9.17, 15) is 14.0 Å². The van der Waals surface area contributed by atoms with Gasteiger partial charge < -0.3 is 10.2 Å². The Kier molecular flexibility index (Phi) is 6.64. The van der Waals surface area contributed by atoms with Crippen molar-refractivity contribution < 1.29 is 9.18 Å². The summed E-state index contributed by atoms with van der Waals surface area (Å²) in [6.07, 6.45) is 0. The fourth-order valence-electron chi connectivity index (χ4n) is 3.16. The number of benzene rings is 2. The fourth-order valence-corrected chi connectivity index (χ4v) is 3.37. The largest absolute Gasteiger partial charge is 0.349 e. The summed E-state index contributed by atoms with van der Waals surface area (Å²) in [5, 5.41) is 7.43. The molecular weight excluding hydrogens is 407 g/mol. The van der Waals surface area contributed by atoms with Crippen LogP contribution < -0.4 is 10.7 Å². The molecule has 30 heavy (non-hydrogen) atoms. The number of carbonyl (C=O) groups excluding carboxylic acids is 1. The molecule has 0 saturated heterocycles. The summed E-state index contributed by atoms with van der Waals surface area (Å²) in [7, 11) is 3.66. The molecule has 0 unspecified atom stereocenters. The molecule has 0 bridgehead atoms. The number of nitrogens with one attached hydrogen (secondary N) is 1. The average molecular weight is 429 g/mol. The standard InChI is InChI=1S/C22H22ClFN4O2/c1-14-11-20(29)21(26-28(14)18-10-5-4-9-17(18)23)22(30)25-13-19(27(2)3)15-7-6-8-16(24)12-15/h4-12,19H,13H2,1-3H3,(H,25,30)/t19-/m0/s1. The van der Waals surface area contributed by atoms with Gasteiger partial charge in [-0.05, 0) is 50.8 Å². The summed E-state index contributed by atoms with van der Waals surface area (Å²) in [5.74, 6) is -0.961. The highest BCUT2D eigenvalue weighted by Gasteiger charge is 2.20. The van der Waals surface area contributed by atoms with Gasteiger partial charge in [0.1, 0.15) is 5.82 Å². The lowest BCUT2D eigenvalue weighted by molar-refractivity contribution is 0.0934. The van der Waals surface area contributed by atoms with Gasteiger partial charge >= 0.3 is 0 Å². The van der Waals surface area contributed by atoms with Crippen LogP contribution in [-0.4, -0.2) is 41.2 Å². The van der Waals surface area contributed by atoms with Crippen molar-refractivity contribution in [3.63, 3.8) is 0 Å². The van der Waals surface area contributed by atoms with E-state index in [1.54, 1.807) is 43.3 Å². The molecule has 3 rings (SSSR count). The highest BCUT2D eigenvalue weighted by molar-refractivity contribution is 6.32. The maximum atomic E-state index is 13.6. The molecule has 156 valence electrons. The van der Waals surface area contributed by atoms with Gasteiger partial charge in [-0.25, -0.2) is 9.07 Å². The Morgan fingerprint density at radius 1 is 1.20 bits per heavy atom. The van der Waals surface area contributed by atoms with Crippen LogP contribution in [0.5, 0.6) is 0 Å². The van der Waals surface area contributed by atoms with E-state index >= 15 is 0 Å². The second kappa shape index (κ2) is 9.19. The van der Waals surface area contributed by atoms with Crippen molar-refractivity contribution in [1.29, 1.82) is 0 Å². The number of halogens is 2. The smallest absolute Gasteiger partial charge is 0.275 e. The molecule has 6 nitrogen and oxygen atoms in total. The molecule has 1 aromatic heterocycles. The first-order chi connectivity index (χ1) is 14.3. The zero-order chi connectivity index (χ0) is 21.8. The molecule has 0 aliphatic heterocycles. The number of aromatic nitrogens is 2. The zero-order valence-electron chi connectivity index (χ0n) is 16.9. The molecule has 1 heterocycles. The fraction of sp³-hybridized carbons (Fsp3) is 0.227. The van der Waals surface area contributed by atoms with Crippen LogP contribution in [0, 0.1) is 12.7 Å². The number of hydrogen-bond acceptors (Lipinski definition) is 4. The number of aryl methyl sites for hydroxylation is 1. The van der Waals surface area contributed by atoms with Gasteiger partial charge in [-0.1, -0.05) is 35.9 Å². The molecule has 3 aromatic rings. The Morgan fingerprint density at radius 3 is 2.60 bits per heavy atom. The van der Waals surface area contributed by atoms with Crippen molar-refractivity contribution in [2.75, 3.05) is 20.6 Å². The summed E-state index contributed by atoms with van der Waals surface area (Å²) in [6.45, 7) is 1.89. The quantitative estimate of drug-likeness (QED) is 0.653. The normalized spacial score (nSPS) is 12.1. The van der Waals surface area contributed by atoms with Gasteiger partial charge in [-0.2, -0.15) is 5.10 Å². The summed E-state index contributed by atoms with van der Waals surface area (Å²) >= 11 is 6.24. The van der Waals surface area contributed by atoms with Crippen LogP contribution >= 0.6 is 11.6 Å². The van der Waals surface area contributed by atoms with Crippen LogP contribution in [0.25, 0.3) is 5.69 Å². The second-order valence-electron chi connectivity index (χ2n) is 7.11. The van der Waals surface area contributed by atoms with Crippen molar-refractivity contribution in [3.8, 4) is 5.69 Å². The van der Waals surface area contributed by atoms with Crippen LogP contribution in [0.4, 0.5) is 4.39 Å². The molecule has 2 aromatic carbocycles. The van der Waals surface area contributed by atoms with Crippen molar-refractivity contribution in [2.24, 2.45) is 0 Å².